The first-order chi connectivity index (χ1) is 29.3. The Morgan fingerprint density at radius 3 is 2.26 bits per heavy atom. The van der Waals surface area contributed by atoms with Crippen LogP contribution in [0.3, 0.4) is 0 Å². The Hall–Kier alpha value is -5.82. The highest BCUT2D eigenvalue weighted by Crippen LogP contribution is 2.60. The van der Waals surface area contributed by atoms with Gasteiger partial charge in [-0.3, -0.25) is 19.7 Å². The third kappa shape index (κ3) is 12.2. The highest BCUT2D eigenvalue weighted by atomic mass is 35.5. The van der Waals surface area contributed by atoms with Gasteiger partial charge in [-0.1, -0.05) is 74.4 Å². The molecule has 14 heteroatoms. The van der Waals surface area contributed by atoms with E-state index in [0.717, 1.165) is 48.1 Å². The number of esters is 2. The van der Waals surface area contributed by atoms with Gasteiger partial charge < -0.3 is 23.7 Å². The molecule has 0 amide bonds. The van der Waals surface area contributed by atoms with Crippen molar-refractivity contribution >= 4 is 29.2 Å². The van der Waals surface area contributed by atoms with Crippen molar-refractivity contribution < 1.29 is 51.4 Å². The molecule has 2 saturated carbocycles. The quantitative estimate of drug-likeness (QED) is 0.0627. The monoisotopic (exact) mass is 877 g/mol. The zero-order valence-corrected chi connectivity index (χ0v) is 36.4. The number of nitro groups is 1. The summed E-state index contributed by atoms with van der Waals surface area (Å²) in [5.41, 5.74) is 2.23. The Kier molecular flexibility index (Phi) is 15.5. The van der Waals surface area contributed by atoms with E-state index in [9.17, 15) is 32.9 Å². The number of cyclic esters (lactones) is 1. The molecule has 330 valence electrons. The summed E-state index contributed by atoms with van der Waals surface area (Å²) in [7, 11) is 0. The second kappa shape index (κ2) is 20.4. The standard InChI is InChI=1S/C23H26O3.C15H11ClF3NO4.C10H14O2/c1-16(2)13-20-21(23(20,3)4)22(24)25-15-17-9-8-12-19(14-17)26-18-10-6-5-7-11-18;1-2-23-14-8-10(4-5-12(14)20(21)22)24-13-6-3-9(7-11(13)16)15(17,18)19;1-6-3-4-8-7(2)5-12-10(11)9(6)8/h5-14,20-21H,15H2,1-4H3;3-8H,2H2,1H3;5-6,8-9H,3-4H2,1-2H3/t;;6-,8+,9+/m..0/s1. The molecule has 0 bridgehead atoms. The van der Waals surface area contributed by atoms with Crippen molar-refractivity contribution in [3.8, 4) is 28.7 Å². The number of nitrogens with zero attached hydrogens (tertiary/aromatic N) is 1. The molecule has 0 spiro atoms. The molecule has 10 nitrogen and oxygen atoms in total. The van der Waals surface area contributed by atoms with Crippen LogP contribution in [-0.4, -0.2) is 23.5 Å². The molecule has 2 unspecified atom stereocenters. The van der Waals surface area contributed by atoms with E-state index in [4.69, 9.17) is 35.3 Å². The number of allylic oxidation sites excluding steroid dienone is 3. The molecule has 5 atom stereocenters. The van der Waals surface area contributed by atoms with Gasteiger partial charge in [0.05, 0.1) is 40.2 Å². The van der Waals surface area contributed by atoms with E-state index in [1.165, 1.54) is 29.3 Å². The van der Waals surface area contributed by atoms with Gasteiger partial charge in [0.25, 0.3) is 0 Å². The van der Waals surface area contributed by atoms with Gasteiger partial charge in [0, 0.05) is 12.1 Å². The van der Waals surface area contributed by atoms with Crippen molar-refractivity contribution in [3.63, 3.8) is 0 Å². The maximum Gasteiger partial charge on any atom is 0.416 e. The van der Waals surface area contributed by atoms with Gasteiger partial charge >= 0.3 is 23.8 Å². The minimum absolute atomic E-state index is 0.0111. The third-order valence-electron chi connectivity index (χ3n) is 11.0. The fourth-order valence-corrected chi connectivity index (χ4v) is 7.87. The molecule has 1 heterocycles. The van der Waals surface area contributed by atoms with E-state index in [0.29, 0.717) is 11.8 Å². The first-order valence-electron chi connectivity index (χ1n) is 20.3. The van der Waals surface area contributed by atoms with Crippen LogP contribution in [0.25, 0.3) is 0 Å². The highest BCUT2D eigenvalue weighted by Gasteiger charge is 2.61. The van der Waals surface area contributed by atoms with Gasteiger partial charge in [0.2, 0.25) is 5.75 Å². The van der Waals surface area contributed by atoms with Gasteiger partial charge in [0.15, 0.2) is 0 Å². The molecule has 3 aliphatic rings. The van der Waals surface area contributed by atoms with Crippen molar-refractivity contribution in [2.75, 3.05) is 6.61 Å². The lowest BCUT2D eigenvalue weighted by molar-refractivity contribution is -0.385. The SMILES string of the molecule is CC(C)=CC1C(C(=O)OCc2cccc(Oc3ccccc3)c2)C1(C)C.CC1=COC(=O)[C@H]2[C@@H]1CC[C@@H]2C.CCOc1cc(Oc2ccc(C(F)(F)F)cc2Cl)ccc1[N+](=O)[O-]. The summed E-state index contributed by atoms with van der Waals surface area (Å²) in [6.07, 6.45) is 1.61. The van der Waals surface area contributed by atoms with Crippen LogP contribution < -0.4 is 14.2 Å². The largest absolute Gasteiger partial charge is 0.487 e. The normalized spacial score (nSPS) is 20.6. The average molecular weight is 878 g/mol. The Labute approximate surface area is 364 Å². The fourth-order valence-electron chi connectivity index (χ4n) is 7.66. The van der Waals surface area contributed by atoms with Gasteiger partial charge in [0.1, 0.15) is 29.6 Å². The van der Waals surface area contributed by atoms with E-state index in [1.807, 2.05) is 54.6 Å². The van der Waals surface area contributed by atoms with Crippen LogP contribution in [0.4, 0.5) is 18.9 Å². The molecule has 0 N–H and O–H groups in total. The topological polar surface area (TPSA) is 123 Å². The summed E-state index contributed by atoms with van der Waals surface area (Å²) >= 11 is 5.80. The number of carbonyl (C=O) groups is 2. The van der Waals surface area contributed by atoms with Crippen molar-refractivity contribution in [1.82, 2.24) is 0 Å². The van der Waals surface area contributed by atoms with Gasteiger partial charge in [-0.2, -0.15) is 13.2 Å². The molecule has 1 aliphatic heterocycles. The number of halogens is 4. The number of carbonyl (C=O) groups excluding carboxylic acids is 2. The predicted octanol–water partition coefficient (Wildman–Crippen LogP) is 13.3. The summed E-state index contributed by atoms with van der Waals surface area (Å²) in [6.45, 7) is 14.7. The number of para-hydroxylation sites is 1. The molecule has 2 fully saturated rings. The lowest BCUT2D eigenvalue weighted by Gasteiger charge is -2.25. The summed E-state index contributed by atoms with van der Waals surface area (Å²) in [6, 6.07) is 23.7. The highest BCUT2D eigenvalue weighted by molar-refractivity contribution is 6.32. The average Bonchev–Trinajstić information content (AvgIpc) is 3.50. The summed E-state index contributed by atoms with van der Waals surface area (Å²) < 4.78 is 64.8. The smallest absolute Gasteiger partial charge is 0.416 e. The summed E-state index contributed by atoms with van der Waals surface area (Å²) in [4.78, 5) is 34.1. The molecule has 0 radical (unpaired) electrons. The van der Waals surface area contributed by atoms with Crippen LogP contribution >= 0.6 is 11.6 Å². The lowest BCUT2D eigenvalue weighted by Crippen LogP contribution is -2.28. The molecule has 0 aromatic heterocycles. The Morgan fingerprint density at radius 1 is 0.935 bits per heavy atom. The summed E-state index contributed by atoms with van der Waals surface area (Å²) in [5.74, 6) is 2.85. The van der Waals surface area contributed by atoms with Crippen LogP contribution in [0.15, 0.2) is 114 Å². The van der Waals surface area contributed by atoms with E-state index < -0.39 is 16.7 Å². The van der Waals surface area contributed by atoms with Crippen molar-refractivity contribution in [3.05, 3.63) is 141 Å². The first kappa shape index (κ1) is 47.2. The molecule has 7 rings (SSSR count). The van der Waals surface area contributed by atoms with Gasteiger partial charge in [-0.25, -0.2) is 0 Å². The molecule has 4 aromatic carbocycles. The van der Waals surface area contributed by atoms with Gasteiger partial charge in [-0.15, -0.1) is 0 Å². The molecule has 2 aliphatic carbocycles. The molecule has 62 heavy (non-hydrogen) atoms. The van der Waals surface area contributed by atoms with E-state index >= 15 is 0 Å². The van der Waals surface area contributed by atoms with Crippen molar-refractivity contribution in [2.45, 2.75) is 74.1 Å². The number of rotatable bonds is 11. The maximum atomic E-state index is 12.6. The lowest BCUT2D eigenvalue weighted by atomic mass is 9.85. The Bertz CT molecular complexity index is 2290. The first-order valence-corrected chi connectivity index (χ1v) is 20.6. The number of ether oxygens (including phenoxy) is 5. The number of nitro benzene ring substituents is 1. The zero-order valence-electron chi connectivity index (χ0n) is 35.7. The maximum absolute atomic E-state index is 12.6. The summed E-state index contributed by atoms with van der Waals surface area (Å²) in [5, 5.41) is 10.7. The van der Waals surface area contributed by atoms with Crippen molar-refractivity contribution in [1.29, 1.82) is 0 Å². The molecule has 4 aromatic rings. The molecular weight excluding hydrogens is 827 g/mol. The number of fused-ring (bicyclic) bond motifs is 1. The van der Waals surface area contributed by atoms with E-state index in [-0.39, 0.29) is 76.3 Å². The number of hydrogen-bond donors (Lipinski definition) is 0. The predicted molar refractivity (Wildman–Crippen MR) is 229 cm³/mol. The number of alkyl halides is 3. The Balaban J connectivity index is 0.000000187. The van der Waals surface area contributed by atoms with Crippen LogP contribution in [0.5, 0.6) is 28.7 Å². The van der Waals surface area contributed by atoms with E-state index in [2.05, 4.69) is 47.6 Å². The van der Waals surface area contributed by atoms with E-state index in [1.54, 1.807) is 13.2 Å². The second-order valence-corrected chi connectivity index (χ2v) is 16.7. The third-order valence-corrected chi connectivity index (χ3v) is 11.3. The second-order valence-electron chi connectivity index (χ2n) is 16.3. The fraction of sp³-hybridized carbons (Fsp3) is 0.375. The Morgan fingerprint density at radius 2 is 1.63 bits per heavy atom. The minimum atomic E-state index is -4.52. The van der Waals surface area contributed by atoms with Crippen LogP contribution in [0.1, 0.15) is 72.4 Å². The van der Waals surface area contributed by atoms with Crippen molar-refractivity contribution in [2.24, 2.45) is 35.0 Å². The van der Waals surface area contributed by atoms with Gasteiger partial charge in [-0.05, 0) is 123 Å². The minimum Gasteiger partial charge on any atom is -0.487 e. The molecule has 0 saturated heterocycles. The number of benzene rings is 4. The number of hydrogen-bond acceptors (Lipinski definition) is 9. The molecular formula is C48H51ClF3NO9. The van der Waals surface area contributed by atoms with Crippen LogP contribution in [-0.2, 0) is 31.8 Å². The van der Waals surface area contributed by atoms with Crippen LogP contribution in [0.2, 0.25) is 5.02 Å². The zero-order chi connectivity index (χ0) is 45.4. The van der Waals surface area contributed by atoms with Crippen LogP contribution in [0, 0.1) is 45.1 Å².